The van der Waals surface area contributed by atoms with Gasteiger partial charge in [0.25, 0.3) is 0 Å². The molecule has 1 aliphatic carbocycles. The Morgan fingerprint density at radius 3 is 2.50 bits per heavy atom. The lowest BCUT2D eigenvalue weighted by Crippen LogP contribution is -2.36. The second-order valence-corrected chi connectivity index (χ2v) is 5.23. The number of hydrogen-bond donors (Lipinski definition) is 0. The maximum atomic E-state index is 3.98. The van der Waals surface area contributed by atoms with Gasteiger partial charge in [-0.25, -0.2) is 0 Å². The molecule has 0 saturated carbocycles. The van der Waals surface area contributed by atoms with Crippen LogP contribution in [0.5, 0.6) is 0 Å². The molecule has 88 valence electrons. The highest BCUT2D eigenvalue weighted by Gasteiger charge is 2.38. The normalized spacial score (nSPS) is 25.1. The highest BCUT2D eigenvalue weighted by Crippen LogP contribution is 2.48. The number of piperidine rings is 1. The van der Waals surface area contributed by atoms with Crippen LogP contribution in [0.1, 0.15) is 33.1 Å². The van der Waals surface area contributed by atoms with Crippen LogP contribution in [0.3, 0.4) is 0 Å². The average Bonchev–Trinajstić information content (AvgIpc) is 2.56. The summed E-state index contributed by atoms with van der Waals surface area (Å²) in [6, 6.07) is 0. The van der Waals surface area contributed by atoms with Crippen molar-refractivity contribution in [3.05, 3.63) is 35.5 Å². The van der Waals surface area contributed by atoms with Crippen molar-refractivity contribution in [1.29, 1.82) is 0 Å². The summed E-state index contributed by atoms with van der Waals surface area (Å²) in [5.74, 6) is 0. The molecule has 1 fully saturated rings. The third-order valence-corrected chi connectivity index (χ3v) is 4.41. The van der Waals surface area contributed by atoms with Gasteiger partial charge in [-0.1, -0.05) is 31.2 Å². The van der Waals surface area contributed by atoms with Crippen molar-refractivity contribution in [3.8, 4) is 0 Å². The molecule has 0 unspecified atom stereocenters. The lowest BCUT2D eigenvalue weighted by atomic mass is 9.74. The molecule has 1 nitrogen and oxygen atoms in total. The van der Waals surface area contributed by atoms with Gasteiger partial charge in [0.1, 0.15) is 0 Å². The minimum atomic E-state index is 0.362. The Morgan fingerprint density at radius 1 is 1.44 bits per heavy atom. The van der Waals surface area contributed by atoms with Crippen LogP contribution in [-0.2, 0) is 0 Å². The van der Waals surface area contributed by atoms with E-state index in [1.165, 1.54) is 37.1 Å². The highest BCUT2D eigenvalue weighted by molar-refractivity contribution is 5.52. The first-order chi connectivity index (χ1) is 7.63. The van der Waals surface area contributed by atoms with Gasteiger partial charge in [-0.05, 0) is 57.5 Å². The predicted octanol–water partition coefficient (Wildman–Crippen LogP) is 3.55. The van der Waals surface area contributed by atoms with E-state index in [-0.39, 0.29) is 0 Å². The van der Waals surface area contributed by atoms with Crippen molar-refractivity contribution >= 4 is 0 Å². The molecule has 0 aromatic carbocycles. The van der Waals surface area contributed by atoms with E-state index in [4.69, 9.17) is 0 Å². The van der Waals surface area contributed by atoms with E-state index >= 15 is 0 Å². The largest absolute Gasteiger partial charge is 0.306 e. The first-order valence-corrected chi connectivity index (χ1v) is 6.37. The Balaban J connectivity index is 2.33. The second-order valence-electron chi connectivity index (χ2n) is 5.23. The summed E-state index contributed by atoms with van der Waals surface area (Å²) in [7, 11) is 2.22. The summed E-state index contributed by atoms with van der Waals surface area (Å²) < 4.78 is 0. The summed E-state index contributed by atoms with van der Waals surface area (Å²) in [6.07, 6.45) is 8.27. The summed E-state index contributed by atoms with van der Waals surface area (Å²) in [6.45, 7) is 11.0. The van der Waals surface area contributed by atoms with E-state index in [1.54, 1.807) is 5.57 Å². The number of allylic oxidation sites excluding steroid dienone is 5. The third-order valence-electron chi connectivity index (χ3n) is 4.41. The summed E-state index contributed by atoms with van der Waals surface area (Å²) in [5, 5.41) is 0. The fourth-order valence-electron chi connectivity index (χ4n) is 3.14. The molecular formula is C15H23N. The van der Waals surface area contributed by atoms with Crippen molar-refractivity contribution in [3.63, 3.8) is 0 Å². The summed E-state index contributed by atoms with van der Waals surface area (Å²) >= 11 is 0. The van der Waals surface area contributed by atoms with Crippen LogP contribution in [0.2, 0.25) is 0 Å². The molecule has 0 N–H and O–H groups in total. The van der Waals surface area contributed by atoms with Gasteiger partial charge in [0.05, 0.1) is 0 Å². The van der Waals surface area contributed by atoms with E-state index in [9.17, 15) is 0 Å². The Kier molecular flexibility index (Phi) is 3.07. The minimum Gasteiger partial charge on any atom is -0.306 e. The van der Waals surface area contributed by atoms with Gasteiger partial charge < -0.3 is 4.90 Å². The molecule has 1 spiro atoms. The zero-order chi connectivity index (χ0) is 11.8. The average molecular weight is 217 g/mol. The number of nitrogens with zero attached hydrogens (tertiary/aromatic N) is 1. The molecule has 1 aliphatic heterocycles. The first-order valence-electron chi connectivity index (χ1n) is 6.37. The monoisotopic (exact) mass is 217 g/mol. The van der Waals surface area contributed by atoms with Gasteiger partial charge >= 0.3 is 0 Å². The molecule has 0 aromatic rings. The molecule has 16 heavy (non-hydrogen) atoms. The first kappa shape index (κ1) is 11.7. The van der Waals surface area contributed by atoms with Crippen LogP contribution in [0.15, 0.2) is 35.5 Å². The van der Waals surface area contributed by atoms with E-state index < -0.39 is 0 Å². The molecule has 0 bridgehead atoms. The van der Waals surface area contributed by atoms with Crippen LogP contribution in [-0.4, -0.2) is 25.0 Å². The van der Waals surface area contributed by atoms with Gasteiger partial charge in [0, 0.05) is 5.41 Å². The second kappa shape index (κ2) is 4.21. The lowest BCUT2D eigenvalue weighted by Gasteiger charge is -2.38. The van der Waals surface area contributed by atoms with Crippen LogP contribution in [0, 0.1) is 5.41 Å². The smallest absolute Gasteiger partial charge is 0.0127 e. The third kappa shape index (κ3) is 1.67. The number of likely N-dealkylation sites (tertiary alicyclic amines) is 1. The Labute approximate surface area is 99.5 Å². The van der Waals surface area contributed by atoms with Crippen molar-refractivity contribution < 1.29 is 0 Å². The topological polar surface area (TPSA) is 3.24 Å². The van der Waals surface area contributed by atoms with Crippen LogP contribution in [0.4, 0.5) is 0 Å². The lowest BCUT2D eigenvalue weighted by molar-refractivity contribution is 0.194. The van der Waals surface area contributed by atoms with E-state index in [0.717, 1.165) is 6.42 Å². The predicted molar refractivity (Wildman–Crippen MR) is 70.4 cm³/mol. The maximum Gasteiger partial charge on any atom is 0.0127 e. The van der Waals surface area contributed by atoms with Crippen LogP contribution in [0.25, 0.3) is 0 Å². The summed E-state index contributed by atoms with van der Waals surface area (Å²) in [4.78, 5) is 2.43. The van der Waals surface area contributed by atoms with E-state index in [2.05, 4.69) is 44.5 Å². The molecule has 1 heterocycles. The van der Waals surface area contributed by atoms with Crippen LogP contribution < -0.4 is 0 Å². The van der Waals surface area contributed by atoms with Gasteiger partial charge in [-0.15, -0.1) is 0 Å². The Morgan fingerprint density at radius 2 is 2.06 bits per heavy atom. The quantitative estimate of drug-likeness (QED) is 0.683. The molecule has 1 saturated heterocycles. The van der Waals surface area contributed by atoms with Crippen molar-refractivity contribution in [1.82, 2.24) is 4.90 Å². The molecule has 0 atom stereocenters. The Hall–Kier alpha value is -0.820. The van der Waals surface area contributed by atoms with Gasteiger partial charge in [-0.3, -0.25) is 0 Å². The van der Waals surface area contributed by atoms with Gasteiger partial charge in [-0.2, -0.15) is 0 Å². The number of hydrogen-bond acceptors (Lipinski definition) is 1. The molecule has 2 rings (SSSR count). The maximum absolute atomic E-state index is 3.98. The standard InChI is InChI=1S/C15H23N/c1-5-13-11-15(12(3)14(13)6-2)7-9-16(4)10-8-15/h6,11H,2,5,7-10H2,1,3-4H3. The fraction of sp³-hybridized carbons (Fsp3) is 0.600. The Bertz CT molecular complexity index is 352. The molecule has 0 amide bonds. The van der Waals surface area contributed by atoms with Crippen molar-refractivity contribution in [2.45, 2.75) is 33.1 Å². The SMILES string of the molecule is C=CC1=C(C)C2(C=C1CC)CCN(C)CC2. The van der Waals surface area contributed by atoms with Gasteiger partial charge in [0.2, 0.25) is 0 Å². The highest BCUT2D eigenvalue weighted by atomic mass is 15.1. The van der Waals surface area contributed by atoms with Gasteiger partial charge in [0.15, 0.2) is 0 Å². The molecule has 0 aromatic heterocycles. The molecular weight excluding hydrogens is 194 g/mol. The number of rotatable bonds is 2. The molecule has 0 radical (unpaired) electrons. The van der Waals surface area contributed by atoms with Crippen molar-refractivity contribution in [2.24, 2.45) is 5.41 Å². The van der Waals surface area contributed by atoms with Crippen LogP contribution >= 0.6 is 0 Å². The zero-order valence-corrected chi connectivity index (χ0v) is 10.8. The minimum absolute atomic E-state index is 0.362. The van der Waals surface area contributed by atoms with E-state index in [1.807, 2.05) is 0 Å². The molecule has 2 aliphatic rings. The fourth-order valence-corrected chi connectivity index (χ4v) is 3.14. The van der Waals surface area contributed by atoms with Crippen molar-refractivity contribution in [2.75, 3.05) is 20.1 Å². The zero-order valence-electron chi connectivity index (χ0n) is 10.8. The summed E-state index contributed by atoms with van der Waals surface area (Å²) in [5.41, 5.74) is 4.86. The van der Waals surface area contributed by atoms with E-state index in [0.29, 0.717) is 5.41 Å². The molecule has 1 heteroatoms.